The van der Waals surface area contributed by atoms with Crippen molar-refractivity contribution in [2.24, 2.45) is 9.98 Å². The van der Waals surface area contributed by atoms with Crippen molar-refractivity contribution in [1.29, 1.82) is 0 Å². The summed E-state index contributed by atoms with van der Waals surface area (Å²) in [4.78, 5) is 10.2. The Bertz CT molecular complexity index is 1360. The van der Waals surface area contributed by atoms with E-state index < -0.39 is 0 Å². The molecule has 234 valence electrons. The molecule has 3 aromatic rings. The molecule has 0 aliphatic rings. The molecule has 0 spiro atoms. The highest BCUT2D eigenvalue weighted by Crippen LogP contribution is 2.36. The summed E-state index contributed by atoms with van der Waals surface area (Å²) >= 11 is 0. The normalized spacial score (nSPS) is 13.5. The lowest BCUT2D eigenvalue weighted by Gasteiger charge is -2.17. The van der Waals surface area contributed by atoms with Crippen molar-refractivity contribution >= 4 is 34.2 Å². The number of hydrogen-bond acceptors (Lipinski definition) is 4. The fourth-order valence-electron chi connectivity index (χ4n) is 5.49. The molecular formula is C40H54N4. The number of para-hydroxylation sites is 2. The second-order valence-electron chi connectivity index (χ2n) is 13.2. The van der Waals surface area contributed by atoms with E-state index in [9.17, 15) is 0 Å². The molecule has 4 nitrogen and oxygen atoms in total. The van der Waals surface area contributed by atoms with Crippen LogP contribution in [0.3, 0.4) is 0 Å². The predicted molar refractivity (Wildman–Crippen MR) is 196 cm³/mol. The van der Waals surface area contributed by atoms with Gasteiger partial charge in [0.2, 0.25) is 0 Å². The van der Waals surface area contributed by atoms with E-state index in [0.29, 0.717) is 23.7 Å². The van der Waals surface area contributed by atoms with E-state index in [1.54, 1.807) is 0 Å². The zero-order valence-electron chi connectivity index (χ0n) is 29.1. The van der Waals surface area contributed by atoms with Crippen molar-refractivity contribution in [3.05, 3.63) is 106 Å². The summed E-state index contributed by atoms with van der Waals surface area (Å²) in [5, 5.41) is 7.04. The molecule has 0 aliphatic carbocycles. The number of nitrogens with one attached hydrogen (secondary N) is 2. The lowest BCUT2D eigenvalue weighted by atomic mass is 9.93. The van der Waals surface area contributed by atoms with E-state index in [2.05, 4.69) is 167 Å². The summed E-state index contributed by atoms with van der Waals surface area (Å²) in [5.41, 5.74) is 13.5. The topological polar surface area (TPSA) is 48.8 Å². The average Bonchev–Trinajstić information content (AvgIpc) is 2.93. The maximum atomic E-state index is 5.08. The van der Waals surface area contributed by atoms with Crippen molar-refractivity contribution in [2.75, 3.05) is 10.6 Å². The summed E-state index contributed by atoms with van der Waals surface area (Å²) in [5.74, 6) is 1.68. The molecule has 44 heavy (non-hydrogen) atoms. The van der Waals surface area contributed by atoms with Gasteiger partial charge in [-0.25, -0.2) is 0 Å². The van der Waals surface area contributed by atoms with Crippen molar-refractivity contribution in [3.8, 4) is 0 Å². The van der Waals surface area contributed by atoms with Crippen LogP contribution in [0.4, 0.5) is 22.7 Å². The second-order valence-corrected chi connectivity index (χ2v) is 13.2. The fraction of sp³-hybridized carbons (Fsp3) is 0.400. The van der Waals surface area contributed by atoms with Gasteiger partial charge in [-0.3, -0.25) is 9.98 Å². The van der Waals surface area contributed by atoms with E-state index in [1.165, 1.54) is 22.3 Å². The van der Waals surface area contributed by atoms with Crippen LogP contribution in [0.5, 0.6) is 0 Å². The molecule has 0 aliphatic heterocycles. The molecule has 0 saturated carbocycles. The summed E-state index contributed by atoms with van der Waals surface area (Å²) in [6.45, 7) is 26.2. The number of anilines is 2. The van der Waals surface area contributed by atoms with Gasteiger partial charge in [-0.15, -0.1) is 0 Å². The first-order chi connectivity index (χ1) is 20.8. The third-order valence-electron chi connectivity index (χ3n) is 7.68. The molecule has 0 amide bonds. The molecule has 0 heterocycles. The minimum Gasteiger partial charge on any atom is -0.359 e. The largest absolute Gasteiger partial charge is 0.359 e. The molecule has 0 aromatic heterocycles. The molecule has 0 atom stereocenters. The molecule has 0 unspecified atom stereocenters. The lowest BCUT2D eigenvalue weighted by Crippen LogP contribution is -2.01. The minimum atomic E-state index is 0.421. The van der Waals surface area contributed by atoms with Crippen LogP contribution in [0.1, 0.15) is 129 Å². The number of aliphatic imine (C=N–C) groups is 2. The number of allylic oxidation sites excluding steroid dienone is 4. The number of benzene rings is 3. The Balaban J connectivity index is 1.73. The average molecular weight is 591 g/mol. The lowest BCUT2D eigenvalue weighted by molar-refractivity contribution is 0.834. The third-order valence-corrected chi connectivity index (χ3v) is 7.68. The highest BCUT2D eigenvalue weighted by Gasteiger charge is 2.14. The van der Waals surface area contributed by atoms with Gasteiger partial charge in [0.25, 0.3) is 0 Å². The van der Waals surface area contributed by atoms with Crippen molar-refractivity contribution in [2.45, 2.75) is 107 Å². The molecule has 0 bridgehead atoms. The van der Waals surface area contributed by atoms with Crippen LogP contribution in [0, 0.1) is 0 Å². The van der Waals surface area contributed by atoms with E-state index in [0.717, 1.165) is 45.6 Å². The van der Waals surface area contributed by atoms with Gasteiger partial charge in [0, 0.05) is 34.2 Å². The Morgan fingerprint density at radius 3 is 1.00 bits per heavy atom. The summed E-state index contributed by atoms with van der Waals surface area (Å²) in [7, 11) is 0. The van der Waals surface area contributed by atoms with Crippen molar-refractivity contribution in [3.63, 3.8) is 0 Å². The molecule has 4 heteroatoms. The summed E-state index contributed by atoms with van der Waals surface area (Å²) in [6, 6.07) is 21.5. The molecule has 0 saturated heterocycles. The Morgan fingerprint density at radius 1 is 0.477 bits per heavy atom. The van der Waals surface area contributed by atoms with Gasteiger partial charge < -0.3 is 10.6 Å². The van der Waals surface area contributed by atoms with Crippen LogP contribution in [-0.2, 0) is 0 Å². The van der Waals surface area contributed by atoms with Gasteiger partial charge in [-0.05, 0) is 110 Å². The number of nitrogens with zero attached hydrogens (tertiary/aromatic N) is 2. The Morgan fingerprint density at radius 2 is 0.750 bits per heavy atom. The van der Waals surface area contributed by atoms with Crippen LogP contribution >= 0.6 is 0 Å². The molecule has 3 rings (SSSR count). The zero-order chi connectivity index (χ0) is 32.6. The molecule has 2 N–H and O–H groups in total. The van der Waals surface area contributed by atoms with Crippen molar-refractivity contribution in [1.82, 2.24) is 0 Å². The van der Waals surface area contributed by atoms with E-state index in [4.69, 9.17) is 9.98 Å². The Hall–Kier alpha value is -3.92. The van der Waals surface area contributed by atoms with Gasteiger partial charge >= 0.3 is 0 Å². The SMILES string of the molecule is CC(=CC(C)=Nc1c(C(C)C)cccc1C(C)C)Nc1ccc(NC(C)=CC(C)=Nc2c(C(C)C)cccc2C(C)C)cc1. The standard InChI is InChI=1S/C40H54N4/c1-25(2)35-15-13-16-36(26(3)4)39(35)43-31(11)23-29(9)41-33-19-21-34(22-20-33)42-30(10)24-32(12)44-40-37(27(5)6)17-14-18-38(40)28(7)8/h13-28,41-42H,1-12H3. The molecule has 3 aromatic carbocycles. The molecule has 0 fully saturated rings. The molecular weight excluding hydrogens is 536 g/mol. The Labute approximate surface area is 267 Å². The van der Waals surface area contributed by atoms with E-state index in [-0.39, 0.29) is 0 Å². The smallest absolute Gasteiger partial charge is 0.0701 e. The highest BCUT2D eigenvalue weighted by atomic mass is 14.9. The monoisotopic (exact) mass is 590 g/mol. The predicted octanol–water partition coefficient (Wildman–Crippen LogP) is 12.4. The summed E-state index contributed by atoms with van der Waals surface area (Å²) < 4.78 is 0. The number of rotatable bonds is 12. The summed E-state index contributed by atoms with van der Waals surface area (Å²) in [6.07, 6.45) is 4.23. The first-order valence-corrected chi connectivity index (χ1v) is 16.1. The van der Waals surface area contributed by atoms with E-state index in [1.807, 2.05) is 0 Å². The van der Waals surface area contributed by atoms with Crippen LogP contribution in [0.15, 0.2) is 94.2 Å². The Kier molecular flexibility index (Phi) is 12.3. The van der Waals surface area contributed by atoms with E-state index >= 15 is 0 Å². The first-order valence-electron chi connectivity index (χ1n) is 16.1. The highest BCUT2D eigenvalue weighted by molar-refractivity contribution is 5.96. The van der Waals surface area contributed by atoms with Gasteiger partial charge in [0.1, 0.15) is 0 Å². The molecule has 0 radical (unpaired) electrons. The number of hydrogen-bond donors (Lipinski definition) is 2. The quantitative estimate of drug-likeness (QED) is 0.206. The fourth-order valence-corrected chi connectivity index (χ4v) is 5.49. The minimum absolute atomic E-state index is 0.421. The van der Waals surface area contributed by atoms with Gasteiger partial charge in [0.15, 0.2) is 0 Å². The second kappa shape index (κ2) is 15.7. The maximum absolute atomic E-state index is 5.08. The van der Waals surface area contributed by atoms with Crippen molar-refractivity contribution < 1.29 is 0 Å². The zero-order valence-corrected chi connectivity index (χ0v) is 29.1. The maximum Gasteiger partial charge on any atom is 0.0701 e. The van der Waals surface area contributed by atoms with Gasteiger partial charge in [-0.2, -0.15) is 0 Å². The van der Waals surface area contributed by atoms with Crippen LogP contribution < -0.4 is 10.6 Å². The van der Waals surface area contributed by atoms with Crippen LogP contribution in [-0.4, -0.2) is 11.4 Å². The van der Waals surface area contributed by atoms with Crippen LogP contribution in [0.2, 0.25) is 0 Å². The first kappa shape index (κ1) is 34.6. The van der Waals surface area contributed by atoms with Gasteiger partial charge in [-0.1, -0.05) is 91.8 Å². The van der Waals surface area contributed by atoms with Gasteiger partial charge in [0.05, 0.1) is 11.4 Å². The van der Waals surface area contributed by atoms with Crippen LogP contribution in [0.25, 0.3) is 0 Å². The third kappa shape index (κ3) is 9.54.